The van der Waals surface area contributed by atoms with Crippen LogP contribution >= 0.6 is 11.8 Å². The molecule has 0 saturated heterocycles. The molecule has 5 nitrogen and oxygen atoms in total. The minimum atomic E-state index is -0.297. The molecule has 0 radical (unpaired) electrons. The van der Waals surface area contributed by atoms with Crippen molar-refractivity contribution in [3.05, 3.63) is 107 Å². The molecule has 2 N–H and O–H groups in total. The van der Waals surface area contributed by atoms with Gasteiger partial charge in [0.2, 0.25) is 5.12 Å². The van der Waals surface area contributed by atoms with Crippen LogP contribution in [0.1, 0.15) is 45.1 Å². The summed E-state index contributed by atoms with van der Waals surface area (Å²) in [4.78, 5) is 30.1. The van der Waals surface area contributed by atoms with Gasteiger partial charge in [-0.1, -0.05) is 36.0 Å². The van der Waals surface area contributed by atoms with Gasteiger partial charge in [-0.15, -0.1) is 0 Å². The number of hydrogen-bond acceptors (Lipinski definition) is 4. The second kappa shape index (κ2) is 6.93. The molecule has 1 aliphatic carbocycles. The number of carbonyl (C=O) groups excluding carboxylic acids is 1. The van der Waals surface area contributed by atoms with Gasteiger partial charge in [-0.2, -0.15) is 0 Å². The molecule has 0 amide bonds. The van der Waals surface area contributed by atoms with Crippen molar-refractivity contribution in [2.24, 2.45) is 0 Å². The van der Waals surface area contributed by atoms with Crippen LogP contribution in [-0.2, 0) is 4.79 Å². The summed E-state index contributed by atoms with van der Waals surface area (Å²) < 4.78 is 0. The van der Waals surface area contributed by atoms with Crippen LogP contribution in [0.3, 0.4) is 0 Å². The summed E-state index contributed by atoms with van der Waals surface area (Å²) in [5, 5.41) is 0.152. The van der Waals surface area contributed by atoms with Gasteiger partial charge in [0.05, 0.1) is 33.9 Å². The van der Waals surface area contributed by atoms with Gasteiger partial charge >= 0.3 is 0 Å². The Bertz CT molecular complexity index is 1820. The van der Waals surface area contributed by atoms with Crippen molar-refractivity contribution in [2.45, 2.75) is 11.2 Å². The highest BCUT2D eigenvalue weighted by Gasteiger charge is 2.48. The second-order valence-corrected chi connectivity index (χ2v) is 10.3. The van der Waals surface area contributed by atoms with Crippen LogP contribution in [0.5, 0.6) is 0 Å². The summed E-state index contributed by atoms with van der Waals surface area (Å²) in [6, 6.07) is 24.8. The zero-order chi connectivity index (χ0) is 23.1. The number of aromatic amines is 2. The molecular formula is C29H18N4OS. The molecule has 0 saturated carbocycles. The summed E-state index contributed by atoms with van der Waals surface area (Å²) in [6.07, 6.45) is 4.04. The fourth-order valence-corrected chi connectivity index (χ4v) is 6.89. The quantitative estimate of drug-likeness (QED) is 0.271. The number of benzene rings is 1. The van der Waals surface area contributed by atoms with E-state index in [0.29, 0.717) is 0 Å². The standard InChI is InChI=1S/C29H18N4OS/c34-29-25-21-3-1-2-4-22(21)28(35-29)27-24-14-20-10-8-18(32-20)12-16-6-5-15(30-16)11-17-7-9-19(31-17)13-23(33-24)26(25)27/h1-14,25,28,30-31H/t25-,28?/m0/s1. The Labute approximate surface area is 204 Å². The molecule has 1 unspecified atom stereocenters. The van der Waals surface area contributed by atoms with Gasteiger partial charge in [-0.25, -0.2) is 9.97 Å². The lowest BCUT2D eigenvalue weighted by Crippen LogP contribution is -2.26. The smallest absolute Gasteiger partial charge is 0.201 e. The van der Waals surface area contributed by atoms with Crippen molar-refractivity contribution in [1.29, 1.82) is 0 Å². The van der Waals surface area contributed by atoms with Gasteiger partial charge in [-0.05, 0) is 71.8 Å². The van der Waals surface area contributed by atoms with Crippen LogP contribution in [0, 0.1) is 0 Å². The van der Waals surface area contributed by atoms with Crippen molar-refractivity contribution < 1.29 is 4.79 Å². The largest absolute Gasteiger partial charge is 0.355 e. The highest BCUT2D eigenvalue weighted by atomic mass is 32.2. The molecule has 4 aromatic rings. The molecule has 4 aliphatic heterocycles. The first-order valence-corrected chi connectivity index (χ1v) is 12.5. The molecule has 5 aliphatic rings. The van der Waals surface area contributed by atoms with Gasteiger partial charge in [0.1, 0.15) is 0 Å². The normalized spacial score (nSPS) is 19.7. The van der Waals surface area contributed by atoms with Crippen molar-refractivity contribution in [3.8, 4) is 0 Å². The maximum absolute atomic E-state index is 13.2. The first-order valence-electron chi connectivity index (χ1n) is 11.6. The zero-order valence-electron chi connectivity index (χ0n) is 18.4. The molecule has 35 heavy (non-hydrogen) atoms. The Balaban J connectivity index is 1.46. The Morgan fingerprint density at radius 3 is 2.06 bits per heavy atom. The maximum Gasteiger partial charge on any atom is 0.201 e. The van der Waals surface area contributed by atoms with Crippen LogP contribution in [0.25, 0.3) is 45.4 Å². The Morgan fingerprint density at radius 1 is 0.657 bits per heavy atom. The predicted octanol–water partition coefficient (Wildman–Crippen LogP) is 6.51. The number of nitrogens with one attached hydrogen (secondary N) is 2. The molecule has 10 bridgehead atoms. The van der Waals surface area contributed by atoms with Crippen molar-refractivity contribution >= 4 is 62.2 Å². The molecule has 6 heteroatoms. The minimum Gasteiger partial charge on any atom is -0.355 e. The van der Waals surface area contributed by atoms with E-state index in [9.17, 15) is 4.79 Å². The van der Waals surface area contributed by atoms with E-state index in [-0.39, 0.29) is 16.3 Å². The highest BCUT2D eigenvalue weighted by Crippen LogP contribution is 2.62. The first kappa shape index (κ1) is 19.2. The molecule has 2 atom stereocenters. The predicted molar refractivity (Wildman–Crippen MR) is 141 cm³/mol. The number of allylic oxidation sites excluding steroid dienone is 1. The molecule has 166 valence electrons. The van der Waals surface area contributed by atoms with E-state index in [0.717, 1.165) is 61.6 Å². The number of aromatic nitrogens is 4. The van der Waals surface area contributed by atoms with E-state index in [1.165, 1.54) is 17.3 Å². The van der Waals surface area contributed by atoms with E-state index in [4.69, 9.17) is 9.97 Å². The number of hydrogen-bond donors (Lipinski definition) is 2. The fourth-order valence-electron chi connectivity index (χ4n) is 5.57. The van der Waals surface area contributed by atoms with Gasteiger partial charge in [0, 0.05) is 33.2 Å². The maximum atomic E-state index is 13.2. The average Bonchev–Trinajstić information content (AvgIpc) is 3.65. The lowest BCUT2D eigenvalue weighted by Gasteiger charge is -2.37. The molecule has 3 aromatic heterocycles. The van der Waals surface area contributed by atoms with Gasteiger partial charge < -0.3 is 9.97 Å². The Hall–Kier alpha value is -4.16. The number of carbonyl (C=O) groups is 1. The number of fused-ring (bicyclic) bond motifs is 9. The Morgan fingerprint density at radius 2 is 1.29 bits per heavy atom. The van der Waals surface area contributed by atoms with Crippen LogP contribution in [0.4, 0.5) is 0 Å². The van der Waals surface area contributed by atoms with Crippen molar-refractivity contribution in [3.63, 3.8) is 0 Å². The minimum absolute atomic E-state index is 0.0488. The van der Waals surface area contributed by atoms with Crippen LogP contribution in [0.15, 0.2) is 72.8 Å². The highest BCUT2D eigenvalue weighted by molar-refractivity contribution is 8.14. The van der Waals surface area contributed by atoms with E-state index >= 15 is 0 Å². The molecule has 0 spiro atoms. The monoisotopic (exact) mass is 470 g/mol. The first-order chi connectivity index (χ1) is 17.2. The van der Waals surface area contributed by atoms with E-state index in [1.54, 1.807) is 0 Å². The summed E-state index contributed by atoms with van der Waals surface area (Å²) in [6.45, 7) is 0. The van der Waals surface area contributed by atoms with E-state index in [2.05, 4.69) is 70.6 Å². The fraction of sp³-hybridized carbons (Fsp3) is 0.0690. The topological polar surface area (TPSA) is 74.4 Å². The third-order valence-corrected chi connectivity index (χ3v) is 8.22. The molecule has 9 rings (SSSR count). The van der Waals surface area contributed by atoms with Crippen LogP contribution in [-0.4, -0.2) is 25.1 Å². The Kier molecular flexibility index (Phi) is 3.80. The van der Waals surface area contributed by atoms with Gasteiger partial charge in [0.15, 0.2) is 0 Å². The molecule has 0 fully saturated rings. The number of thioether (sulfide) groups is 1. The van der Waals surface area contributed by atoms with E-state index < -0.39 is 0 Å². The summed E-state index contributed by atoms with van der Waals surface area (Å²) in [5.41, 5.74) is 12.0. The number of H-pyrrole nitrogens is 2. The zero-order valence-corrected chi connectivity index (χ0v) is 19.3. The third kappa shape index (κ3) is 2.87. The molecule has 7 heterocycles. The lowest BCUT2D eigenvalue weighted by molar-refractivity contribution is -0.111. The van der Waals surface area contributed by atoms with Gasteiger partial charge in [-0.3, -0.25) is 4.79 Å². The van der Waals surface area contributed by atoms with Gasteiger partial charge in [0.25, 0.3) is 0 Å². The van der Waals surface area contributed by atoms with E-state index in [1.807, 2.05) is 24.3 Å². The lowest BCUT2D eigenvalue weighted by atomic mass is 9.76. The van der Waals surface area contributed by atoms with Crippen LogP contribution in [0.2, 0.25) is 0 Å². The average molecular weight is 471 g/mol. The summed E-state index contributed by atoms with van der Waals surface area (Å²) in [5.74, 6) is -0.297. The molecule has 1 aromatic carbocycles. The van der Waals surface area contributed by atoms with Crippen molar-refractivity contribution in [2.75, 3.05) is 0 Å². The third-order valence-electron chi connectivity index (χ3n) is 7.03. The molecular weight excluding hydrogens is 452 g/mol. The number of rotatable bonds is 0. The second-order valence-electron chi connectivity index (χ2n) is 9.20. The summed E-state index contributed by atoms with van der Waals surface area (Å²) >= 11 is 1.43. The van der Waals surface area contributed by atoms with Crippen molar-refractivity contribution in [1.82, 2.24) is 19.9 Å². The van der Waals surface area contributed by atoms with Crippen LogP contribution < -0.4 is 0 Å². The SMILES string of the molecule is O=C1SC2C3=C(c4cc5ccc(cc6ccc(cc7nc(cc3n4)C=C7)[nH]6)[nH]5)[C@@H]1c1ccccc12. The summed E-state index contributed by atoms with van der Waals surface area (Å²) in [7, 11) is 0. The number of nitrogens with zero attached hydrogens (tertiary/aromatic N) is 2.